The van der Waals surface area contributed by atoms with Crippen LogP contribution in [0.1, 0.15) is 30.1 Å². The number of carbonyl (C=O) groups is 1. The fraction of sp³-hybridized carbons (Fsp3) is 0.250. The summed E-state index contributed by atoms with van der Waals surface area (Å²) in [6, 6.07) is 17.9. The molecule has 5 rings (SSSR count). The number of piperidine rings is 1. The summed E-state index contributed by atoms with van der Waals surface area (Å²) in [7, 11) is 0. The van der Waals surface area contributed by atoms with Crippen LogP contribution < -0.4 is 0 Å². The standard InChI is InChI=1S/C24H23N5O/c30-23(14-18-6-2-1-3-7-18)28-13-5-9-21(16-28)24-26-22-11-10-20(17-29(22)27-24)19-8-4-12-25-15-19/h1-4,6-8,10-12,15,17,21H,5,9,13-14,16H2/t21-/m0/s1. The Kier molecular flexibility index (Phi) is 4.97. The van der Waals surface area contributed by atoms with Gasteiger partial charge in [-0.3, -0.25) is 9.78 Å². The fourth-order valence-corrected chi connectivity index (χ4v) is 4.07. The average Bonchev–Trinajstić information content (AvgIpc) is 3.24. The molecule has 0 saturated carbocycles. The maximum atomic E-state index is 12.8. The SMILES string of the molecule is O=C(Cc1ccccc1)N1CCC[C@H](c2nc3ccc(-c4cccnc4)cn3n2)C1. The van der Waals surface area contributed by atoms with Crippen LogP contribution in [0.25, 0.3) is 16.8 Å². The summed E-state index contributed by atoms with van der Waals surface area (Å²) >= 11 is 0. The average molecular weight is 397 g/mol. The lowest BCUT2D eigenvalue weighted by atomic mass is 9.97. The first-order valence-electron chi connectivity index (χ1n) is 10.3. The van der Waals surface area contributed by atoms with E-state index in [4.69, 9.17) is 10.1 Å². The maximum absolute atomic E-state index is 12.8. The van der Waals surface area contributed by atoms with Gasteiger partial charge in [-0.15, -0.1) is 0 Å². The highest BCUT2D eigenvalue weighted by Gasteiger charge is 2.27. The van der Waals surface area contributed by atoms with E-state index in [9.17, 15) is 4.79 Å². The molecular formula is C24H23N5O. The number of aromatic nitrogens is 4. The Morgan fingerprint density at radius 2 is 1.93 bits per heavy atom. The molecule has 1 aromatic carbocycles. The van der Waals surface area contributed by atoms with Crippen LogP contribution in [-0.4, -0.2) is 43.5 Å². The zero-order valence-corrected chi connectivity index (χ0v) is 16.7. The van der Waals surface area contributed by atoms with Crippen molar-refractivity contribution in [3.05, 3.63) is 84.6 Å². The van der Waals surface area contributed by atoms with Gasteiger partial charge in [0, 0.05) is 48.7 Å². The minimum atomic E-state index is 0.167. The lowest BCUT2D eigenvalue weighted by Gasteiger charge is -2.31. The van der Waals surface area contributed by atoms with Gasteiger partial charge in [0.15, 0.2) is 11.5 Å². The van der Waals surface area contributed by atoms with Gasteiger partial charge in [0.05, 0.1) is 6.42 Å². The summed E-state index contributed by atoms with van der Waals surface area (Å²) in [6.45, 7) is 1.48. The first-order chi connectivity index (χ1) is 14.8. The van der Waals surface area contributed by atoms with Crippen LogP contribution in [0.5, 0.6) is 0 Å². The van der Waals surface area contributed by atoms with Crippen molar-refractivity contribution in [1.82, 2.24) is 24.5 Å². The molecule has 3 aromatic heterocycles. The van der Waals surface area contributed by atoms with Crippen LogP contribution in [0, 0.1) is 0 Å². The summed E-state index contributed by atoms with van der Waals surface area (Å²) in [5, 5.41) is 4.75. The van der Waals surface area contributed by atoms with Gasteiger partial charge in [-0.2, -0.15) is 5.10 Å². The van der Waals surface area contributed by atoms with E-state index in [2.05, 4.69) is 4.98 Å². The van der Waals surface area contributed by atoms with Crippen LogP contribution in [0.15, 0.2) is 73.2 Å². The van der Waals surface area contributed by atoms with E-state index in [0.29, 0.717) is 13.0 Å². The normalized spacial score (nSPS) is 16.7. The number of likely N-dealkylation sites (tertiary alicyclic amines) is 1. The van der Waals surface area contributed by atoms with Crippen molar-refractivity contribution in [1.29, 1.82) is 0 Å². The van der Waals surface area contributed by atoms with Crippen molar-refractivity contribution in [2.45, 2.75) is 25.2 Å². The van der Waals surface area contributed by atoms with Gasteiger partial charge < -0.3 is 4.90 Å². The van der Waals surface area contributed by atoms with E-state index in [1.54, 1.807) is 6.20 Å². The van der Waals surface area contributed by atoms with E-state index in [1.165, 1.54) is 0 Å². The first kappa shape index (κ1) is 18.5. The predicted octanol–water partition coefficient (Wildman–Crippen LogP) is 3.74. The summed E-state index contributed by atoms with van der Waals surface area (Å²) in [5.41, 5.74) is 3.98. The number of hydrogen-bond acceptors (Lipinski definition) is 4. The number of carbonyl (C=O) groups excluding carboxylic acids is 1. The molecule has 1 amide bonds. The number of amides is 1. The second-order valence-corrected chi connectivity index (χ2v) is 7.77. The van der Waals surface area contributed by atoms with Gasteiger partial charge in [-0.05, 0) is 36.6 Å². The van der Waals surface area contributed by atoms with Crippen LogP contribution in [-0.2, 0) is 11.2 Å². The molecule has 30 heavy (non-hydrogen) atoms. The highest BCUT2D eigenvalue weighted by atomic mass is 16.2. The van der Waals surface area contributed by atoms with Crippen molar-refractivity contribution in [2.75, 3.05) is 13.1 Å². The summed E-state index contributed by atoms with van der Waals surface area (Å²) in [6.07, 6.45) is 8.02. The van der Waals surface area contributed by atoms with E-state index in [-0.39, 0.29) is 11.8 Å². The smallest absolute Gasteiger partial charge is 0.227 e. The van der Waals surface area contributed by atoms with Crippen molar-refractivity contribution >= 4 is 11.6 Å². The summed E-state index contributed by atoms with van der Waals surface area (Å²) in [5.74, 6) is 1.16. The molecule has 0 aliphatic carbocycles. The first-order valence-corrected chi connectivity index (χ1v) is 10.3. The Morgan fingerprint density at radius 1 is 1.03 bits per heavy atom. The molecule has 0 N–H and O–H groups in total. The van der Waals surface area contributed by atoms with Crippen molar-refractivity contribution < 1.29 is 4.79 Å². The van der Waals surface area contributed by atoms with E-state index in [0.717, 1.165) is 47.5 Å². The number of rotatable bonds is 4. The van der Waals surface area contributed by atoms with Crippen LogP contribution in [0.3, 0.4) is 0 Å². The molecule has 0 radical (unpaired) electrons. The molecular weight excluding hydrogens is 374 g/mol. The molecule has 6 heteroatoms. The molecule has 4 heterocycles. The molecule has 6 nitrogen and oxygen atoms in total. The molecule has 1 fully saturated rings. The highest BCUT2D eigenvalue weighted by molar-refractivity contribution is 5.79. The minimum absolute atomic E-state index is 0.167. The van der Waals surface area contributed by atoms with Crippen LogP contribution in [0.2, 0.25) is 0 Å². The third kappa shape index (κ3) is 3.81. The quantitative estimate of drug-likeness (QED) is 0.526. The van der Waals surface area contributed by atoms with Gasteiger partial charge in [-0.1, -0.05) is 36.4 Å². The molecule has 1 aliphatic heterocycles. The van der Waals surface area contributed by atoms with E-state index in [1.807, 2.05) is 76.4 Å². The molecule has 150 valence electrons. The lowest BCUT2D eigenvalue weighted by Crippen LogP contribution is -2.40. The molecule has 0 unspecified atom stereocenters. The number of fused-ring (bicyclic) bond motifs is 1. The van der Waals surface area contributed by atoms with Gasteiger partial charge in [0.2, 0.25) is 5.91 Å². The lowest BCUT2D eigenvalue weighted by molar-refractivity contribution is -0.131. The molecule has 4 aromatic rings. The summed E-state index contributed by atoms with van der Waals surface area (Å²) in [4.78, 5) is 23.7. The van der Waals surface area contributed by atoms with Gasteiger partial charge >= 0.3 is 0 Å². The fourth-order valence-electron chi connectivity index (χ4n) is 4.07. The largest absolute Gasteiger partial charge is 0.342 e. The van der Waals surface area contributed by atoms with Crippen LogP contribution >= 0.6 is 0 Å². The number of hydrogen-bond donors (Lipinski definition) is 0. The van der Waals surface area contributed by atoms with Crippen molar-refractivity contribution in [3.63, 3.8) is 0 Å². The molecule has 1 atom stereocenters. The number of pyridine rings is 2. The second kappa shape index (κ2) is 8.06. The third-order valence-corrected chi connectivity index (χ3v) is 5.68. The molecule has 0 bridgehead atoms. The zero-order chi connectivity index (χ0) is 20.3. The van der Waals surface area contributed by atoms with E-state index >= 15 is 0 Å². The predicted molar refractivity (Wildman–Crippen MR) is 115 cm³/mol. The van der Waals surface area contributed by atoms with Gasteiger partial charge in [0.25, 0.3) is 0 Å². The monoisotopic (exact) mass is 397 g/mol. The van der Waals surface area contributed by atoms with Crippen LogP contribution in [0.4, 0.5) is 0 Å². The Hall–Kier alpha value is -3.54. The van der Waals surface area contributed by atoms with Crippen molar-refractivity contribution in [2.24, 2.45) is 0 Å². The van der Waals surface area contributed by atoms with Crippen molar-refractivity contribution in [3.8, 4) is 11.1 Å². The van der Waals surface area contributed by atoms with E-state index < -0.39 is 0 Å². The molecule has 0 spiro atoms. The number of nitrogens with zero attached hydrogens (tertiary/aromatic N) is 5. The third-order valence-electron chi connectivity index (χ3n) is 5.68. The topological polar surface area (TPSA) is 63.4 Å². The molecule has 1 aliphatic rings. The highest BCUT2D eigenvalue weighted by Crippen LogP contribution is 2.26. The summed E-state index contributed by atoms with van der Waals surface area (Å²) < 4.78 is 1.84. The Balaban J connectivity index is 1.34. The molecule has 1 saturated heterocycles. The van der Waals surface area contributed by atoms with Gasteiger partial charge in [-0.25, -0.2) is 9.50 Å². The number of benzene rings is 1. The van der Waals surface area contributed by atoms with Gasteiger partial charge in [0.1, 0.15) is 0 Å². The Bertz CT molecular complexity index is 1160. The Labute approximate surface area is 175 Å². The second-order valence-electron chi connectivity index (χ2n) is 7.77. The minimum Gasteiger partial charge on any atom is -0.342 e. The zero-order valence-electron chi connectivity index (χ0n) is 16.7. The maximum Gasteiger partial charge on any atom is 0.227 e. The Morgan fingerprint density at radius 3 is 2.77 bits per heavy atom.